The van der Waals surface area contributed by atoms with Crippen molar-refractivity contribution in [1.29, 1.82) is 0 Å². The van der Waals surface area contributed by atoms with E-state index < -0.39 is 12.1 Å². The third kappa shape index (κ3) is 4.87. The number of pyridine rings is 1. The first-order valence-corrected chi connectivity index (χ1v) is 11.9. The van der Waals surface area contributed by atoms with E-state index >= 15 is 0 Å². The second-order valence-corrected chi connectivity index (χ2v) is 8.43. The lowest BCUT2D eigenvalue weighted by molar-refractivity contribution is 0.0777. The van der Waals surface area contributed by atoms with E-state index in [0.29, 0.717) is 62.7 Å². The van der Waals surface area contributed by atoms with Gasteiger partial charge in [0.25, 0.3) is 0 Å². The van der Waals surface area contributed by atoms with Crippen LogP contribution in [0.2, 0.25) is 0 Å². The second-order valence-electron chi connectivity index (χ2n) is 8.43. The summed E-state index contributed by atoms with van der Waals surface area (Å²) in [5.41, 5.74) is 2.38. The number of carbonyl (C=O) groups is 1. The Labute approximate surface area is 204 Å². The maximum absolute atomic E-state index is 12.4. The maximum Gasteiger partial charge on any atom is 0.513 e. The molecular formula is C24H30N6O5. The van der Waals surface area contributed by atoms with Crippen LogP contribution in [0.5, 0.6) is 0 Å². The van der Waals surface area contributed by atoms with Crippen molar-refractivity contribution < 1.29 is 23.7 Å². The zero-order valence-electron chi connectivity index (χ0n) is 20.0. The molecule has 186 valence electrons. The molecule has 0 spiro atoms. The van der Waals surface area contributed by atoms with Crippen LogP contribution in [0.4, 0.5) is 22.4 Å². The van der Waals surface area contributed by atoms with E-state index in [9.17, 15) is 4.79 Å². The quantitative estimate of drug-likeness (QED) is 0.635. The molecule has 2 aromatic heterocycles. The zero-order chi connectivity index (χ0) is 24.2. The van der Waals surface area contributed by atoms with Crippen molar-refractivity contribution in [2.24, 2.45) is 0 Å². The minimum Gasteiger partial charge on any atom is -0.434 e. The van der Waals surface area contributed by atoms with Gasteiger partial charge in [-0.15, -0.1) is 0 Å². The highest BCUT2D eigenvalue weighted by Gasteiger charge is 2.38. The van der Waals surface area contributed by atoms with Crippen molar-refractivity contribution in [2.45, 2.75) is 19.8 Å². The summed E-state index contributed by atoms with van der Waals surface area (Å²) in [5.74, 6) is 2.12. The third-order valence-electron chi connectivity index (χ3n) is 6.22. The molecule has 3 aliphatic heterocycles. The largest absolute Gasteiger partial charge is 0.513 e. The van der Waals surface area contributed by atoms with Gasteiger partial charge in [-0.1, -0.05) is 6.07 Å². The fraction of sp³-hybridized carbons (Fsp3) is 0.500. The Hall–Kier alpha value is -3.44. The number of aromatic nitrogens is 3. The first kappa shape index (κ1) is 23.3. The monoisotopic (exact) mass is 482 g/mol. The predicted octanol–water partition coefficient (Wildman–Crippen LogP) is 2.51. The topological polar surface area (TPSA) is 111 Å². The molecule has 1 N–H and O–H groups in total. The number of allylic oxidation sites excluding steroid dienone is 2. The first-order valence-electron chi connectivity index (χ1n) is 11.9. The van der Waals surface area contributed by atoms with Crippen molar-refractivity contribution in [2.75, 3.05) is 74.3 Å². The van der Waals surface area contributed by atoms with Crippen LogP contribution < -0.4 is 15.1 Å². The summed E-state index contributed by atoms with van der Waals surface area (Å²) in [4.78, 5) is 31.1. The molecule has 35 heavy (non-hydrogen) atoms. The molecule has 0 bridgehead atoms. The van der Waals surface area contributed by atoms with Gasteiger partial charge in [0.15, 0.2) is 0 Å². The molecule has 11 heteroatoms. The van der Waals surface area contributed by atoms with Gasteiger partial charge in [0.1, 0.15) is 17.4 Å². The van der Waals surface area contributed by atoms with Crippen molar-refractivity contribution >= 4 is 23.7 Å². The van der Waals surface area contributed by atoms with Gasteiger partial charge in [0.05, 0.1) is 50.2 Å². The Morgan fingerprint density at radius 1 is 1.11 bits per heavy atom. The second kappa shape index (κ2) is 10.4. The molecule has 2 saturated heterocycles. The van der Waals surface area contributed by atoms with E-state index in [1.807, 2.05) is 19.1 Å². The van der Waals surface area contributed by atoms with Crippen molar-refractivity contribution in [3.05, 3.63) is 47.1 Å². The van der Waals surface area contributed by atoms with E-state index in [1.54, 1.807) is 19.3 Å². The van der Waals surface area contributed by atoms with E-state index in [0.717, 1.165) is 30.0 Å². The Bertz CT molecular complexity index is 1080. The lowest BCUT2D eigenvalue weighted by atomic mass is 9.87. The maximum atomic E-state index is 12.4. The summed E-state index contributed by atoms with van der Waals surface area (Å²) in [6.07, 6.45) is 2.75. The molecule has 0 aliphatic carbocycles. The molecule has 0 amide bonds. The average Bonchev–Trinajstić information content (AvgIpc) is 2.90. The van der Waals surface area contributed by atoms with Crippen LogP contribution in [0.15, 0.2) is 36.0 Å². The molecule has 0 saturated carbocycles. The van der Waals surface area contributed by atoms with Crippen LogP contribution in [0.1, 0.15) is 30.9 Å². The number of nitrogens with one attached hydrogen (secondary N) is 1. The standard InChI is InChI=1S/C24H30N6O5/c1-3-34-24(31)35-20-16(2)26-21-19(18(20)17-5-4-6-25-15-17)22(29-7-11-32-12-8-29)28-23(27-21)30-9-13-33-14-10-30/h4-6,15,18H,3,7-14H2,1-2H3,(H,26,27,28). The van der Waals surface area contributed by atoms with Gasteiger partial charge >= 0.3 is 6.16 Å². The molecule has 1 atom stereocenters. The van der Waals surface area contributed by atoms with Gasteiger partial charge < -0.3 is 34.1 Å². The number of hydrogen-bond donors (Lipinski definition) is 1. The number of hydrogen-bond acceptors (Lipinski definition) is 11. The molecule has 3 aliphatic rings. The third-order valence-corrected chi connectivity index (χ3v) is 6.22. The minimum absolute atomic E-state index is 0.220. The highest BCUT2D eigenvalue weighted by Crippen LogP contribution is 2.46. The highest BCUT2D eigenvalue weighted by molar-refractivity contribution is 5.73. The molecule has 2 fully saturated rings. The van der Waals surface area contributed by atoms with E-state index in [2.05, 4.69) is 20.1 Å². The van der Waals surface area contributed by atoms with Gasteiger partial charge in [0.2, 0.25) is 5.95 Å². The van der Waals surface area contributed by atoms with Crippen LogP contribution >= 0.6 is 0 Å². The van der Waals surface area contributed by atoms with Crippen LogP contribution in [-0.4, -0.2) is 80.3 Å². The van der Waals surface area contributed by atoms with Crippen molar-refractivity contribution in [3.63, 3.8) is 0 Å². The molecule has 5 rings (SSSR count). The SMILES string of the molecule is CCOC(=O)OC1=C(C)Nc2nc(N3CCOCC3)nc(N3CCOCC3)c2C1c1cccnc1. The molecule has 0 aromatic carbocycles. The molecule has 11 nitrogen and oxygen atoms in total. The van der Waals surface area contributed by atoms with Crippen molar-refractivity contribution in [1.82, 2.24) is 15.0 Å². The summed E-state index contributed by atoms with van der Waals surface area (Å²) in [5, 5.41) is 3.38. The van der Waals surface area contributed by atoms with Crippen LogP contribution in [0, 0.1) is 0 Å². The Morgan fingerprint density at radius 2 is 1.83 bits per heavy atom. The summed E-state index contributed by atoms with van der Waals surface area (Å²) in [6, 6.07) is 3.83. The van der Waals surface area contributed by atoms with Gasteiger partial charge in [-0.05, 0) is 25.5 Å². The van der Waals surface area contributed by atoms with Gasteiger partial charge in [-0.3, -0.25) is 4.98 Å². The predicted molar refractivity (Wildman–Crippen MR) is 129 cm³/mol. The van der Waals surface area contributed by atoms with E-state index in [1.165, 1.54) is 0 Å². The van der Waals surface area contributed by atoms with Crippen molar-refractivity contribution in [3.8, 4) is 0 Å². The van der Waals surface area contributed by atoms with Crippen LogP contribution in [0.25, 0.3) is 0 Å². The first-order chi connectivity index (χ1) is 17.2. The molecular weight excluding hydrogens is 452 g/mol. The van der Waals surface area contributed by atoms with Crippen LogP contribution in [0.3, 0.4) is 0 Å². The average molecular weight is 483 g/mol. The number of carbonyl (C=O) groups excluding carboxylic acids is 1. The number of anilines is 3. The Kier molecular flexibility index (Phi) is 6.96. The summed E-state index contributed by atoms with van der Waals surface area (Å²) in [7, 11) is 0. The molecule has 2 aromatic rings. The summed E-state index contributed by atoms with van der Waals surface area (Å²) < 4.78 is 22.0. The number of fused-ring (bicyclic) bond motifs is 1. The van der Waals surface area contributed by atoms with Gasteiger partial charge in [-0.25, -0.2) is 4.79 Å². The fourth-order valence-corrected chi connectivity index (χ4v) is 4.55. The fourth-order valence-electron chi connectivity index (χ4n) is 4.55. The summed E-state index contributed by atoms with van der Waals surface area (Å²) >= 11 is 0. The van der Waals surface area contributed by atoms with Crippen LogP contribution in [-0.2, 0) is 18.9 Å². The Morgan fingerprint density at radius 3 is 2.49 bits per heavy atom. The Balaban J connectivity index is 1.66. The number of nitrogens with zero attached hydrogens (tertiary/aromatic N) is 5. The smallest absolute Gasteiger partial charge is 0.434 e. The summed E-state index contributed by atoms with van der Waals surface area (Å²) in [6.45, 7) is 9.15. The molecule has 0 radical (unpaired) electrons. The molecule has 1 unspecified atom stereocenters. The zero-order valence-corrected chi connectivity index (χ0v) is 20.0. The number of rotatable bonds is 5. The highest BCUT2D eigenvalue weighted by atomic mass is 16.7. The van der Waals surface area contributed by atoms with Gasteiger partial charge in [0, 0.05) is 38.6 Å². The van der Waals surface area contributed by atoms with E-state index in [-0.39, 0.29) is 6.61 Å². The molecule has 5 heterocycles. The number of ether oxygens (including phenoxy) is 4. The van der Waals surface area contributed by atoms with Gasteiger partial charge in [-0.2, -0.15) is 9.97 Å². The number of morpholine rings is 2. The lowest BCUT2D eigenvalue weighted by Gasteiger charge is -2.36. The minimum atomic E-state index is -0.750. The van der Waals surface area contributed by atoms with E-state index in [4.69, 9.17) is 28.9 Å². The lowest BCUT2D eigenvalue weighted by Crippen LogP contribution is -2.41. The normalized spacial score (nSPS) is 20.2.